The molecular formula is C21H26N4O2. The second-order valence-corrected chi connectivity index (χ2v) is 7.09. The second kappa shape index (κ2) is 7.96. The van der Waals surface area contributed by atoms with Gasteiger partial charge in [-0.05, 0) is 49.9 Å². The third-order valence-corrected chi connectivity index (χ3v) is 5.07. The number of oxazole rings is 1. The van der Waals surface area contributed by atoms with Crippen molar-refractivity contribution in [2.24, 2.45) is 0 Å². The zero-order valence-corrected chi connectivity index (χ0v) is 15.9. The largest absolute Gasteiger partial charge is 0.494 e. The Kier molecular flexibility index (Phi) is 5.25. The van der Waals surface area contributed by atoms with Gasteiger partial charge in [0, 0.05) is 31.9 Å². The van der Waals surface area contributed by atoms with Crippen LogP contribution in [0.4, 0.5) is 6.01 Å². The fourth-order valence-electron chi connectivity index (χ4n) is 3.56. The highest BCUT2D eigenvalue weighted by molar-refractivity contribution is 5.72. The standard InChI is InChI=1S/C21H26N4O2/c1-3-26-19-12-16(5-4-15(19)2)14-25-10-7-17(8-11-25)23-21-24-18-6-9-22-13-20(18)27-21/h4-6,9,12-13,17H,3,7-8,10-11,14H2,1-2H3,(H,23,24). The summed E-state index contributed by atoms with van der Waals surface area (Å²) in [7, 11) is 0. The summed E-state index contributed by atoms with van der Waals surface area (Å²) in [6.45, 7) is 7.88. The van der Waals surface area contributed by atoms with Crippen LogP contribution < -0.4 is 10.1 Å². The van der Waals surface area contributed by atoms with Crippen LogP contribution in [0.5, 0.6) is 5.75 Å². The molecule has 3 heterocycles. The van der Waals surface area contributed by atoms with Crippen LogP contribution in [0.15, 0.2) is 41.1 Å². The Morgan fingerprint density at radius 2 is 2.11 bits per heavy atom. The Balaban J connectivity index is 1.31. The number of hydrogen-bond acceptors (Lipinski definition) is 6. The quantitative estimate of drug-likeness (QED) is 0.711. The molecule has 0 atom stereocenters. The lowest BCUT2D eigenvalue weighted by molar-refractivity contribution is 0.210. The fourth-order valence-corrected chi connectivity index (χ4v) is 3.56. The number of nitrogens with one attached hydrogen (secondary N) is 1. The highest BCUT2D eigenvalue weighted by Crippen LogP contribution is 2.23. The summed E-state index contributed by atoms with van der Waals surface area (Å²) in [5.74, 6) is 0.997. The van der Waals surface area contributed by atoms with Gasteiger partial charge in [0.25, 0.3) is 6.01 Å². The molecule has 1 saturated heterocycles. The van der Waals surface area contributed by atoms with Crippen LogP contribution in [-0.2, 0) is 6.54 Å². The van der Waals surface area contributed by atoms with Crippen molar-refractivity contribution in [3.8, 4) is 5.75 Å². The molecule has 4 rings (SSSR count). The van der Waals surface area contributed by atoms with Crippen LogP contribution in [0.25, 0.3) is 11.1 Å². The first kappa shape index (κ1) is 17.8. The summed E-state index contributed by atoms with van der Waals surface area (Å²) in [6.07, 6.45) is 5.58. The smallest absolute Gasteiger partial charge is 0.295 e. The van der Waals surface area contributed by atoms with Crippen LogP contribution in [0.2, 0.25) is 0 Å². The average Bonchev–Trinajstić information content (AvgIpc) is 3.08. The van der Waals surface area contributed by atoms with Gasteiger partial charge in [0.15, 0.2) is 5.58 Å². The Bertz CT molecular complexity index is 867. The van der Waals surface area contributed by atoms with E-state index in [2.05, 4.69) is 45.3 Å². The van der Waals surface area contributed by atoms with Crippen molar-refractivity contribution in [3.05, 3.63) is 47.8 Å². The number of ether oxygens (including phenoxy) is 1. The number of aromatic nitrogens is 2. The highest BCUT2D eigenvalue weighted by Gasteiger charge is 2.21. The topological polar surface area (TPSA) is 63.4 Å². The van der Waals surface area contributed by atoms with Gasteiger partial charge in [-0.25, -0.2) is 0 Å². The van der Waals surface area contributed by atoms with Crippen molar-refractivity contribution >= 4 is 17.1 Å². The molecule has 27 heavy (non-hydrogen) atoms. The maximum absolute atomic E-state index is 5.73. The molecule has 0 amide bonds. The number of piperidine rings is 1. The molecule has 1 aliphatic rings. The molecule has 142 valence electrons. The molecule has 0 saturated carbocycles. The van der Waals surface area contributed by atoms with E-state index in [4.69, 9.17) is 9.15 Å². The summed E-state index contributed by atoms with van der Waals surface area (Å²) in [5, 5.41) is 3.44. The second-order valence-electron chi connectivity index (χ2n) is 7.09. The van der Waals surface area contributed by atoms with Crippen molar-refractivity contribution in [1.82, 2.24) is 14.9 Å². The molecule has 1 aromatic carbocycles. The summed E-state index contributed by atoms with van der Waals surface area (Å²) >= 11 is 0. The van der Waals surface area contributed by atoms with E-state index in [9.17, 15) is 0 Å². The molecule has 0 aliphatic carbocycles. The first-order chi connectivity index (χ1) is 13.2. The van der Waals surface area contributed by atoms with E-state index in [0.29, 0.717) is 18.7 Å². The molecule has 0 radical (unpaired) electrons. The van der Waals surface area contributed by atoms with Gasteiger partial charge in [-0.3, -0.25) is 9.88 Å². The normalized spacial score (nSPS) is 15.9. The minimum atomic E-state index is 0.388. The average molecular weight is 366 g/mol. The van der Waals surface area contributed by atoms with Crippen molar-refractivity contribution in [2.75, 3.05) is 25.0 Å². The lowest BCUT2D eigenvalue weighted by Gasteiger charge is -2.32. The van der Waals surface area contributed by atoms with Crippen molar-refractivity contribution < 1.29 is 9.15 Å². The van der Waals surface area contributed by atoms with Crippen molar-refractivity contribution in [2.45, 2.75) is 39.3 Å². The Labute approximate surface area is 159 Å². The maximum atomic E-state index is 5.73. The third kappa shape index (κ3) is 4.22. The molecule has 1 N–H and O–H groups in total. The molecule has 0 bridgehead atoms. The monoisotopic (exact) mass is 366 g/mol. The van der Waals surface area contributed by atoms with E-state index in [-0.39, 0.29) is 0 Å². The maximum Gasteiger partial charge on any atom is 0.295 e. The van der Waals surface area contributed by atoms with E-state index in [1.54, 1.807) is 12.4 Å². The zero-order chi connectivity index (χ0) is 18.6. The number of nitrogens with zero attached hydrogens (tertiary/aromatic N) is 3. The van der Waals surface area contributed by atoms with Gasteiger partial charge >= 0.3 is 0 Å². The van der Waals surface area contributed by atoms with Crippen LogP contribution >= 0.6 is 0 Å². The van der Waals surface area contributed by atoms with Gasteiger partial charge in [0.05, 0.1) is 12.8 Å². The van der Waals surface area contributed by atoms with E-state index < -0.39 is 0 Å². The molecule has 1 fully saturated rings. The number of pyridine rings is 1. The van der Waals surface area contributed by atoms with Crippen molar-refractivity contribution in [1.29, 1.82) is 0 Å². The van der Waals surface area contributed by atoms with Gasteiger partial charge in [-0.15, -0.1) is 0 Å². The van der Waals surface area contributed by atoms with Gasteiger partial charge in [-0.2, -0.15) is 4.98 Å². The Morgan fingerprint density at radius 1 is 1.26 bits per heavy atom. The Morgan fingerprint density at radius 3 is 2.89 bits per heavy atom. The lowest BCUT2D eigenvalue weighted by Crippen LogP contribution is -2.38. The number of likely N-dealkylation sites (tertiary alicyclic amines) is 1. The van der Waals surface area contributed by atoms with Crippen molar-refractivity contribution in [3.63, 3.8) is 0 Å². The van der Waals surface area contributed by atoms with Gasteiger partial charge in [0.2, 0.25) is 0 Å². The molecule has 1 aliphatic heterocycles. The van der Waals surface area contributed by atoms with Crippen LogP contribution in [0.3, 0.4) is 0 Å². The third-order valence-electron chi connectivity index (χ3n) is 5.07. The highest BCUT2D eigenvalue weighted by atomic mass is 16.5. The first-order valence-corrected chi connectivity index (χ1v) is 9.63. The van der Waals surface area contributed by atoms with E-state index >= 15 is 0 Å². The summed E-state index contributed by atoms with van der Waals surface area (Å²) in [4.78, 5) is 11.0. The van der Waals surface area contributed by atoms with Gasteiger partial charge < -0.3 is 14.5 Å². The molecule has 2 aromatic heterocycles. The predicted molar refractivity (Wildman–Crippen MR) is 106 cm³/mol. The lowest BCUT2D eigenvalue weighted by atomic mass is 10.0. The summed E-state index contributed by atoms with van der Waals surface area (Å²) in [5.41, 5.74) is 4.07. The number of aryl methyl sites for hydroxylation is 1. The minimum absolute atomic E-state index is 0.388. The molecule has 6 heteroatoms. The number of anilines is 1. The van der Waals surface area contributed by atoms with Crippen LogP contribution in [0.1, 0.15) is 30.9 Å². The minimum Gasteiger partial charge on any atom is -0.494 e. The zero-order valence-electron chi connectivity index (χ0n) is 15.9. The predicted octanol–water partition coefficient (Wildman–Crippen LogP) is 4.01. The van der Waals surface area contributed by atoms with E-state index in [1.165, 1.54) is 11.1 Å². The molecule has 0 spiro atoms. The van der Waals surface area contributed by atoms with Crippen LogP contribution in [-0.4, -0.2) is 40.6 Å². The molecular weight excluding hydrogens is 340 g/mol. The number of hydrogen-bond donors (Lipinski definition) is 1. The molecule has 3 aromatic rings. The molecule has 0 unspecified atom stereocenters. The molecule has 6 nitrogen and oxygen atoms in total. The number of rotatable bonds is 6. The first-order valence-electron chi connectivity index (χ1n) is 9.63. The van der Waals surface area contributed by atoms with E-state index in [0.717, 1.165) is 49.3 Å². The fraction of sp³-hybridized carbons (Fsp3) is 0.429. The number of benzene rings is 1. The SMILES string of the molecule is CCOc1cc(CN2CCC(Nc3nc4ccncc4o3)CC2)ccc1C. The Hall–Kier alpha value is -2.60. The number of fused-ring (bicyclic) bond motifs is 1. The summed E-state index contributed by atoms with van der Waals surface area (Å²) in [6, 6.07) is 9.38. The van der Waals surface area contributed by atoms with Crippen LogP contribution in [0, 0.1) is 6.92 Å². The van der Waals surface area contributed by atoms with Gasteiger partial charge in [0.1, 0.15) is 11.3 Å². The van der Waals surface area contributed by atoms with Gasteiger partial charge in [-0.1, -0.05) is 12.1 Å². The van der Waals surface area contributed by atoms with E-state index in [1.807, 2.05) is 13.0 Å². The summed E-state index contributed by atoms with van der Waals surface area (Å²) < 4.78 is 11.5.